The van der Waals surface area contributed by atoms with E-state index in [-0.39, 0.29) is 5.41 Å². The van der Waals surface area contributed by atoms with Gasteiger partial charge in [0, 0.05) is 6.04 Å². The Morgan fingerprint density at radius 1 is 1.12 bits per heavy atom. The molecule has 0 spiro atoms. The molecule has 16 heavy (non-hydrogen) atoms. The van der Waals surface area contributed by atoms with E-state index in [0.717, 1.165) is 12.1 Å². The largest absolute Gasteiger partial charge is 0.416 e. The van der Waals surface area contributed by atoms with Crippen LogP contribution in [0, 0.1) is 5.41 Å². The molecule has 0 aliphatic carbocycles. The van der Waals surface area contributed by atoms with Gasteiger partial charge in [-0.25, -0.2) is 0 Å². The molecule has 0 heterocycles. The molecule has 0 radical (unpaired) electrons. The predicted molar refractivity (Wildman–Crippen MR) is 57.8 cm³/mol. The number of benzene rings is 1. The van der Waals surface area contributed by atoms with Crippen LogP contribution in [0.3, 0.4) is 0 Å². The lowest BCUT2D eigenvalue weighted by atomic mass is 9.83. The van der Waals surface area contributed by atoms with Crippen molar-refractivity contribution in [1.82, 2.24) is 0 Å². The average Bonchev–Trinajstić information content (AvgIpc) is 2.14. The summed E-state index contributed by atoms with van der Waals surface area (Å²) >= 11 is 0. The minimum Gasteiger partial charge on any atom is -0.324 e. The predicted octanol–water partition coefficient (Wildman–Crippen LogP) is 3.75. The molecule has 1 rings (SSSR count). The zero-order chi connectivity index (χ0) is 12.6. The second-order valence-corrected chi connectivity index (χ2v) is 4.97. The molecule has 1 aromatic rings. The van der Waals surface area contributed by atoms with E-state index < -0.39 is 17.8 Å². The average molecular weight is 231 g/mol. The second kappa shape index (κ2) is 4.09. The van der Waals surface area contributed by atoms with Crippen molar-refractivity contribution in [2.24, 2.45) is 11.1 Å². The van der Waals surface area contributed by atoms with Crippen LogP contribution in [0.5, 0.6) is 0 Å². The van der Waals surface area contributed by atoms with Gasteiger partial charge in [0.15, 0.2) is 0 Å². The molecule has 2 N–H and O–H groups in total. The molecule has 0 saturated carbocycles. The Hall–Kier alpha value is -1.03. The highest BCUT2D eigenvalue weighted by Crippen LogP contribution is 2.34. The summed E-state index contributed by atoms with van der Waals surface area (Å²) in [6.07, 6.45) is -4.31. The van der Waals surface area contributed by atoms with E-state index in [9.17, 15) is 13.2 Å². The maximum Gasteiger partial charge on any atom is 0.416 e. The maximum atomic E-state index is 12.5. The van der Waals surface area contributed by atoms with Gasteiger partial charge in [-0.2, -0.15) is 13.2 Å². The van der Waals surface area contributed by atoms with Crippen molar-refractivity contribution in [2.75, 3.05) is 0 Å². The molecule has 0 saturated heterocycles. The van der Waals surface area contributed by atoms with Gasteiger partial charge in [-0.1, -0.05) is 32.9 Å². The zero-order valence-electron chi connectivity index (χ0n) is 9.60. The Labute approximate surface area is 93.5 Å². The topological polar surface area (TPSA) is 26.0 Å². The smallest absolute Gasteiger partial charge is 0.324 e. The summed E-state index contributed by atoms with van der Waals surface area (Å²) in [6, 6.07) is 4.79. The molecule has 1 unspecified atom stereocenters. The van der Waals surface area contributed by atoms with Crippen LogP contribution in [0.2, 0.25) is 0 Å². The van der Waals surface area contributed by atoms with Crippen molar-refractivity contribution in [3.8, 4) is 0 Å². The molecule has 0 amide bonds. The highest BCUT2D eigenvalue weighted by Gasteiger charge is 2.31. The third-order valence-corrected chi connectivity index (χ3v) is 2.51. The van der Waals surface area contributed by atoms with Gasteiger partial charge in [-0.05, 0) is 23.1 Å². The van der Waals surface area contributed by atoms with Crippen molar-refractivity contribution in [1.29, 1.82) is 0 Å². The first-order valence-electron chi connectivity index (χ1n) is 5.05. The molecule has 0 fully saturated rings. The molecule has 1 atom stereocenters. The summed E-state index contributed by atoms with van der Waals surface area (Å²) in [5.41, 5.74) is 5.52. The normalized spacial score (nSPS) is 14.9. The summed E-state index contributed by atoms with van der Waals surface area (Å²) in [5.74, 6) is 0. The van der Waals surface area contributed by atoms with Crippen LogP contribution in [0.4, 0.5) is 13.2 Å². The Morgan fingerprint density at radius 3 is 2.12 bits per heavy atom. The highest BCUT2D eigenvalue weighted by molar-refractivity contribution is 5.28. The van der Waals surface area contributed by atoms with E-state index >= 15 is 0 Å². The van der Waals surface area contributed by atoms with E-state index in [1.54, 1.807) is 6.07 Å². The molecular weight excluding hydrogens is 215 g/mol. The van der Waals surface area contributed by atoms with Crippen molar-refractivity contribution in [3.05, 3.63) is 35.4 Å². The van der Waals surface area contributed by atoms with Crippen molar-refractivity contribution in [2.45, 2.75) is 33.0 Å². The zero-order valence-corrected chi connectivity index (χ0v) is 9.60. The number of hydrogen-bond acceptors (Lipinski definition) is 1. The van der Waals surface area contributed by atoms with Crippen LogP contribution in [0.15, 0.2) is 24.3 Å². The summed E-state index contributed by atoms with van der Waals surface area (Å²) in [6.45, 7) is 5.70. The molecular formula is C12H16F3N. The number of alkyl halides is 3. The van der Waals surface area contributed by atoms with Crippen molar-refractivity contribution >= 4 is 0 Å². The van der Waals surface area contributed by atoms with Gasteiger partial charge in [0.05, 0.1) is 5.56 Å². The Bertz CT molecular complexity index is 363. The van der Waals surface area contributed by atoms with Gasteiger partial charge in [0.1, 0.15) is 0 Å². The molecule has 1 nitrogen and oxygen atoms in total. The van der Waals surface area contributed by atoms with Crippen LogP contribution in [0.1, 0.15) is 37.9 Å². The fourth-order valence-electron chi connectivity index (χ4n) is 1.41. The number of rotatable bonds is 1. The SMILES string of the molecule is CC(C)(C)C(N)c1cccc(C(F)(F)F)c1. The number of halogens is 3. The quantitative estimate of drug-likeness (QED) is 0.782. The fraction of sp³-hybridized carbons (Fsp3) is 0.500. The standard InChI is InChI=1S/C12H16F3N/c1-11(2,3)10(16)8-5-4-6-9(7-8)12(13,14)15/h4-7,10H,16H2,1-3H3. The van der Waals surface area contributed by atoms with E-state index in [1.165, 1.54) is 6.07 Å². The molecule has 4 heteroatoms. The lowest BCUT2D eigenvalue weighted by Crippen LogP contribution is -2.26. The minimum atomic E-state index is -4.31. The Morgan fingerprint density at radius 2 is 1.69 bits per heavy atom. The molecule has 1 aromatic carbocycles. The summed E-state index contributed by atoms with van der Waals surface area (Å²) in [7, 11) is 0. The van der Waals surface area contributed by atoms with Gasteiger partial charge < -0.3 is 5.73 Å². The highest BCUT2D eigenvalue weighted by atomic mass is 19.4. The Kier molecular flexibility index (Phi) is 3.33. The van der Waals surface area contributed by atoms with E-state index in [0.29, 0.717) is 5.56 Å². The van der Waals surface area contributed by atoms with Gasteiger partial charge >= 0.3 is 6.18 Å². The number of nitrogens with two attached hydrogens (primary N) is 1. The summed E-state index contributed by atoms with van der Waals surface area (Å²) < 4.78 is 37.5. The van der Waals surface area contributed by atoms with E-state index in [2.05, 4.69) is 0 Å². The van der Waals surface area contributed by atoms with Gasteiger partial charge in [-0.15, -0.1) is 0 Å². The first-order valence-corrected chi connectivity index (χ1v) is 5.05. The maximum absolute atomic E-state index is 12.5. The Balaban J connectivity index is 3.09. The van der Waals surface area contributed by atoms with Crippen LogP contribution in [-0.2, 0) is 6.18 Å². The van der Waals surface area contributed by atoms with Crippen molar-refractivity contribution < 1.29 is 13.2 Å². The monoisotopic (exact) mass is 231 g/mol. The third kappa shape index (κ3) is 2.98. The van der Waals surface area contributed by atoms with E-state index in [1.807, 2.05) is 20.8 Å². The summed E-state index contributed by atoms with van der Waals surface area (Å²) in [4.78, 5) is 0. The third-order valence-electron chi connectivity index (χ3n) is 2.51. The molecule has 0 aliphatic heterocycles. The molecule has 0 bridgehead atoms. The lowest BCUT2D eigenvalue weighted by molar-refractivity contribution is -0.137. The van der Waals surface area contributed by atoms with E-state index in [4.69, 9.17) is 5.73 Å². The molecule has 0 aromatic heterocycles. The molecule has 90 valence electrons. The first kappa shape index (κ1) is 13.0. The fourth-order valence-corrected chi connectivity index (χ4v) is 1.41. The minimum absolute atomic E-state index is 0.260. The van der Waals surface area contributed by atoms with Crippen LogP contribution in [-0.4, -0.2) is 0 Å². The van der Waals surface area contributed by atoms with Crippen LogP contribution in [0.25, 0.3) is 0 Å². The lowest BCUT2D eigenvalue weighted by Gasteiger charge is -2.27. The van der Waals surface area contributed by atoms with Gasteiger partial charge in [-0.3, -0.25) is 0 Å². The van der Waals surface area contributed by atoms with Gasteiger partial charge in [0.25, 0.3) is 0 Å². The summed E-state index contributed by atoms with van der Waals surface area (Å²) in [5, 5.41) is 0. The van der Waals surface area contributed by atoms with Gasteiger partial charge in [0.2, 0.25) is 0 Å². The number of hydrogen-bond donors (Lipinski definition) is 1. The van der Waals surface area contributed by atoms with Crippen LogP contribution < -0.4 is 5.73 Å². The van der Waals surface area contributed by atoms with Crippen LogP contribution >= 0.6 is 0 Å². The van der Waals surface area contributed by atoms with Crippen molar-refractivity contribution in [3.63, 3.8) is 0 Å². The second-order valence-electron chi connectivity index (χ2n) is 4.97. The first-order chi connectivity index (χ1) is 7.12. The molecule has 0 aliphatic rings.